The largest absolute Gasteiger partial charge is 0.858 e. The summed E-state index contributed by atoms with van der Waals surface area (Å²) in [5.74, 6) is -0.356. The standard InChI is InChI=1S/C20H25N3O2.ClH/c1-15-9-8-10-16(2)20(15)22-19(25)14-23(3,4)13-18(24)21-17-11-6-5-7-12-17;/h5-12H,13-14H2,1-4H3,(H-,21,22,24,25);1H. The molecule has 1 N–H and O–H groups in total. The number of quaternary nitrogens is 1. The van der Waals surface area contributed by atoms with Gasteiger partial charge >= 0.3 is 0 Å². The summed E-state index contributed by atoms with van der Waals surface area (Å²) in [4.78, 5) is 16.5. The number of hydrogen-bond donors (Lipinski definition) is 1. The number of carbonyl (C=O) groups is 1. The molecule has 0 aliphatic carbocycles. The van der Waals surface area contributed by atoms with Gasteiger partial charge < -0.3 is 14.9 Å². The summed E-state index contributed by atoms with van der Waals surface area (Å²) in [6.07, 6.45) is 0. The first-order chi connectivity index (χ1) is 11.8. The normalized spacial score (nSPS) is 11.6. The first-order valence-electron chi connectivity index (χ1n) is 8.24. The zero-order valence-electron chi connectivity index (χ0n) is 15.7. The SMILES string of the molecule is Cc1cccc(C)c1N=C([O-])C[N+](C)(C)CC(=O)Nc1ccccc1.Cl. The van der Waals surface area contributed by atoms with E-state index in [0.717, 1.165) is 22.5 Å². The van der Waals surface area contributed by atoms with Gasteiger partial charge in [0.15, 0.2) is 6.54 Å². The number of para-hydroxylation sites is 2. The Morgan fingerprint density at radius 3 is 2.15 bits per heavy atom. The molecule has 0 aliphatic rings. The summed E-state index contributed by atoms with van der Waals surface area (Å²) in [5, 5.41) is 15.2. The van der Waals surface area contributed by atoms with Crippen LogP contribution in [0.15, 0.2) is 53.5 Å². The molecule has 0 aliphatic heterocycles. The summed E-state index contributed by atoms with van der Waals surface area (Å²) >= 11 is 0. The molecular formula is C20H26ClN3O2. The topological polar surface area (TPSA) is 64.5 Å². The van der Waals surface area contributed by atoms with Crippen molar-refractivity contribution in [3.63, 3.8) is 0 Å². The molecule has 0 fully saturated rings. The molecular weight excluding hydrogens is 350 g/mol. The number of halogens is 1. The highest BCUT2D eigenvalue weighted by Gasteiger charge is 2.20. The molecule has 0 spiro atoms. The summed E-state index contributed by atoms with van der Waals surface area (Å²) < 4.78 is 0.242. The second-order valence-corrected chi connectivity index (χ2v) is 6.91. The van der Waals surface area contributed by atoms with Gasteiger partial charge in [0, 0.05) is 11.6 Å². The molecule has 0 heterocycles. The van der Waals surface area contributed by atoms with E-state index in [1.54, 1.807) is 0 Å². The Kier molecular flexibility index (Phi) is 7.80. The van der Waals surface area contributed by atoms with Crippen molar-refractivity contribution < 1.29 is 14.4 Å². The first kappa shape index (κ1) is 21.7. The van der Waals surface area contributed by atoms with Crippen molar-refractivity contribution in [1.29, 1.82) is 0 Å². The van der Waals surface area contributed by atoms with Crippen molar-refractivity contribution in [2.75, 3.05) is 32.5 Å². The Hall–Kier alpha value is -2.37. The highest BCUT2D eigenvalue weighted by atomic mass is 35.5. The number of nitrogens with one attached hydrogen (secondary N) is 1. The minimum absolute atomic E-state index is 0. The molecule has 0 saturated carbocycles. The van der Waals surface area contributed by atoms with Crippen LogP contribution in [0, 0.1) is 13.8 Å². The van der Waals surface area contributed by atoms with Crippen LogP contribution < -0.4 is 10.4 Å². The van der Waals surface area contributed by atoms with Crippen LogP contribution in [0.3, 0.4) is 0 Å². The summed E-state index contributed by atoms with van der Waals surface area (Å²) in [6, 6.07) is 15.1. The van der Waals surface area contributed by atoms with E-state index in [0.29, 0.717) is 0 Å². The smallest absolute Gasteiger partial charge is 0.279 e. The fourth-order valence-electron chi connectivity index (χ4n) is 2.67. The fourth-order valence-corrected chi connectivity index (χ4v) is 2.67. The Morgan fingerprint density at radius 1 is 1.00 bits per heavy atom. The van der Waals surface area contributed by atoms with Crippen LogP contribution in [0.25, 0.3) is 0 Å². The number of aliphatic imine (C=N–C) groups is 1. The van der Waals surface area contributed by atoms with Gasteiger partial charge in [0.25, 0.3) is 5.91 Å². The van der Waals surface area contributed by atoms with Crippen LogP contribution in [0.1, 0.15) is 11.1 Å². The maximum atomic E-state index is 12.4. The number of aryl methyl sites for hydroxylation is 2. The molecule has 2 rings (SSSR count). The molecule has 2 aromatic rings. The van der Waals surface area contributed by atoms with Crippen LogP contribution in [0.4, 0.5) is 11.4 Å². The van der Waals surface area contributed by atoms with Crippen molar-refractivity contribution in [1.82, 2.24) is 0 Å². The first-order valence-corrected chi connectivity index (χ1v) is 8.24. The van der Waals surface area contributed by atoms with E-state index < -0.39 is 0 Å². The summed E-state index contributed by atoms with van der Waals surface area (Å²) in [5.41, 5.74) is 3.42. The maximum Gasteiger partial charge on any atom is 0.279 e. The second kappa shape index (κ2) is 9.36. The lowest BCUT2D eigenvalue weighted by Crippen LogP contribution is -2.51. The molecule has 140 valence electrons. The Bertz CT molecular complexity index is 754. The van der Waals surface area contributed by atoms with Crippen LogP contribution >= 0.6 is 12.4 Å². The number of benzene rings is 2. The van der Waals surface area contributed by atoms with Gasteiger partial charge in [-0.3, -0.25) is 9.79 Å². The van der Waals surface area contributed by atoms with E-state index in [-0.39, 0.29) is 41.8 Å². The van der Waals surface area contributed by atoms with Gasteiger partial charge in [-0.15, -0.1) is 12.4 Å². The van der Waals surface area contributed by atoms with Gasteiger partial charge in [0.1, 0.15) is 6.54 Å². The molecule has 0 saturated heterocycles. The lowest BCUT2D eigenvalue weighted by molar-refractivity contribution is -0.875. The van der Waals surface area contributed by atoms with Crippen molar-refractivity contribution >= 4 is 35.6 Å². The van der Waals surface area contributed by atoms with Gasteiger partial charge in [-0.1, -0.05) is 36.4 Å². The van der Waals surface area contributed by atoms with E-state index >= 15 is 0 Å². The molecule has 0 radical (unpaired) electrons. The molecule has 0 aromatic heterocycles. The number of anilines is 1. The zero-order valence-corrected chi connectivity index (χ0v) is 16.5. The third-order valence-electron chi connectivity index (χ3n) is 3.87. The molecule has 2 aromatic carbocycles. The predicted molar refractivity (Wildman–Crippen MR) is 107 cm³/mol. The Labute approximate surface area is 161 Å². The Balaban J connectivity index is 0.00000338. The van der Waals surface area contributed by atoms with E-state index in [9.17, 15) is 9.90 Å². The van der Waals surface area contributed by atoms with Crippen molar-refractivity contribution in [3.8, 4) is 0 Å². The van der Waals surface area contributed by atoms with Crippen molar-refractivity contribution in [2.24, 2.45) is 4.99 Å². The molecule has 0 bridgehead atoms. The number of carbonyl (C=O) groups excluding carboxylic acids is 1. The van der Waals surface area contributed by atoms with E-state index in [4.69, 9.17) is 0 Å². The minimum atomic E-state index is -0.227. The third-order valence-corrected chi connectivity index (χ3v) is 3.87. The molecule has 0 atom stereocenters. The number of rotatable bonds is 6. The van der Waals surface area contributed by atoms with Crippen molar-refractivity contribution in [2.45, 2.75) is 13.8 Å². The van der Waals surface area contributed by atoms with E-state index in [2.05, 4.69) is 10.3 Å². The zero-order chi connectivity index (χ0) is 18.4. The fraction of sp³-hybridized carbons (Fsp3) is 0.300. The maximum absolute atomic E-state index is 12.4. The predicted octanol–water partition coefficient (Wildman–Crippen LogP) is 2.83. The monoisotopic (exact) mass is 375 g/mol. The Morgan fingerprint density at radius 2 is 1.58 bits per heavy atom. The summed E-state index contributed by atoms with van der Waals surface area (Å²) in [6.45, 7) is 4.23. The quantitative estimate of drug-likeness (QED) is 0.479. The van der Waals surface area contributed by atoms with Gasteiger partial charge in [-0.05, 0) is 37.1 Å². The highest BCUT2D eigenvalue weighted by Crippen LogP contribution is 2.22. The van der Waals surface area contributed by atoms with Gasteiger partial charge in [-0.2, -0.15) is 0 Å². The average molecular weight is 376 g/mol. The average Bonchev–Trinajstić information content (AvgIpc) is 2.50. The van der Waals surface area contributed by atoms with Crippen LogP contribution in [-0.2, 0) is 4.79 Å². The lowest BCUT2D eigenvalue weighted by atomic mass is 10.1. The van der Waals surface area contributed by atoms with Gasteiger partial charge in [-0.25, -0.2) is 0 Å². The lowest BCUT2D eigenvalue weighted by Gasteiger charge is -2.31. The number of amides is 1. The highest BCUT2D eigenvalue weighted by molar-refractivity contribution is 5.91. The summed E-state index contributed by atoms with van der Waals surface area (Å²) in [7, 11) is 3.70. The molecule has 0 unspecified atom stereocenters. The van der Waals surface area contributed by atoms with Crippen LogP contribution in [-0.4, -0.2) is 43.5 Å². The van der Waals surface area contributed by atoms with Gasteiger partial charge in [0.05, 0.1) is 19.8 Å². The minimum Gasteiger partial charge on any atom is -0.858 e. The van der Waals surface area contributed by atoms with Crippen molar-refractivity contribution in [3.05, 3.63) is 59.7 Å². The number of nitrogens with zero attached hydrogens (tertiary/aromatic N) is 2. The van der Waals surface area contributed by atoms with Crippen LogP contribution in [0.2, 0.25) is 0 Å². The van der Waals surface area contributed by atoms with E-state index in [1.165, 1.54) is 0 Å². The molecule has 26 heavy (non-hydrogen) atoms. The second-order valence-electron chi connectivity index (χ2n) is 6.91. The van der Waals surface area contributed by atoms with Gasteiger partial charge in [0.2, 0.25) is 0 Å². The number of likely N-dealkylation sites (N-methyl/N-ethyl adjacent to an activating group) is 1. The molecule has 5 nitrogen and oxygen atoms in total. The van der Waals surface area contributed by atoms with Crippen LogP contribution in [0.5, 0.6) is 0 Å². The third kappa shape index (κ3) is 6.50. The van der Waals surface area contributed by atoms with E-state index in [1.807, 2.05) is 76.5 Å². The number of hydrogen-bond acceptors (Lipinski definition) is 3. The molecule has 1 amide bonds. The molecule has 6 heteroatoms.